The predicted octanol–water partition coefficient (Wildman–Crippen LogP) is 6.10. The van der Waals surface area contributed by atoms with Crippen molar-refractivity contribution in [3.8, 4) is 6.07 Å². The van der Waals surface area contributed by atoms with E-state index >= 15 is 0 Å². The first-order valence-electron chi connectivity index (χ1n) is 10.5. The fraction of sp³-hybridized carbons (Fsp3) is 0.240. The number of nitriles is 1. The van der Waals surface area contributed by atoms with Gasteiger partial charge in [0.25, 0.3) is 0 Å². The molecule has 5 nitrogen and oxygen atoms in total. The topological polar surface area (TPSA) is 82.0 Å². The Kier molecular flexibility index (Phi) is 7.14. The minimum Gasteiger partial charge on any atom is -0.352 e. The maximum Gasteiger partial charge on any atom is 0.234 e. The monoisotopic (exact) mass is 497 g/mol. The molecule has 1 heterocycles. The molecule has 0 saturated carbocycles. The highest BCUT2D eigenvalue weighted by molar-refractivity contribution is 8.03. The van der Waals surface area contributed by atoms with Crippen LogP contribution in [-0.2, 0) is 9.59 Å². The number of benzene rings is 2. The smallest absolute Gasteiger partial charge is 0.234 e. The minimum absolute atomic E-state index is 0.00113. The first kappa shape index (κ1) is 23.4. The number of amides is 1. The number of carbonyl (C=O) groups excluding carboxylic acids is 2. The number of Topliss-reactive ketones (excluding diaryl/α,β-unsaturated/α-hetero) is 1. The van der Waals surface area contributed by atoms with E-state index in [2.05, 4.69) is 16.7 Å². The van der Waals surface area contributed by atoms with Gasteiger partial charge in [0.2, 0.25) is 5.91 Å². The van der Waals surface area contributed by atoms with Crippen molar-refractivity contribution in [1.82, 2.24) is 5.32 Å². The molecule has 2 aromatic carbocycles. The number of hydrogen-bond acceptors (Lipinski definition) is 5. The first-order valence-corrected chi connectivity index (χ1v) is 12.2. The largest absolute Gasteiger partial charge is 0.352 e. The Morgan fingerprint density at radius 3 is 2.79 bits per heavy atom. The molecule has 33 heavy (non-hydrogen) atoms. The molecule has 0 saturated heterocycles. The lowest BCUT2D eigenvalue weighted by Crippen LogP contribution is -2.32. The Balaban J connectivity index is 1.65. The van der Waals surface area contributed by atoms with E-state index in [1.165, 1.54) is 11.8 Å². The maximum atomic E-state index is 12.9. The highest BCUT2D eigenvalue weighted by Gasteiger charge is 2.38. The fourth-order valence-electron chi connectivity index (χ4n) is 4.15. The van der Waals surface area contributed by atoms with E-state index in [1.807, 2.05) is 31.2 Å². The zero-order chi connectivity index (χ0) is 23.5. The van der Waals surface area contributed by atoms with E-state index in [9.17, 15) is 14.9 Å². The van der Waals surface area contributed by atoms with Crippen molar-refractivity contribution in [2.45, 2.75) is 32.1 Å². The highest BCUT2D eigenvalue weighted by atomic mass is 35.5. The molecule has 0 unspecified atom stereocenters. The van der Waals surface area contributed by atoms with Crippen molar-refractivity contribution in [2.75, 3.05) is 11.1 Å². The second-order valence-electron chi connectivity index (χ2n) is 7.93. The lowest BCUT2D eigenvalue weighted by molar-refractivity contribution is -0.116. The maximum absolute atomic E-state index is 12.9. The number of carbonyl (C=O) groups is 2. The Hall–Kier alpha value is -2.72. The molecule has 0 bridgehead atoms. The Labute approximate surface area is 206 Å². The fourth-order valence-corrected chi connectivity index (χ4v) is 5.43. The molecule has 1 atom stereocenters. The molecule has 2 aromatic rings. The van der Waals surface area contributed by atoms with Crippen molar-refractivity contribution in [2.24, 2.45) is 0 Å². The number of thioether (sulfide) groups is 1. The van der Waals surface area contributed by atoms with Gasteiger partial charge in [-0.15, -0.1) is 0 Å². The lowest BCUT2D eigenvalue weighted by atomic mass is 9.77. The second kappa shape index (κ2) is 10.0. The molecule has 2 aliphatic rings. The van der Waals surface area contributed by atoms with Crippen LogP contribution in [0.2, 0.25) is 10.0 Å². The number of dihydropyridines is 1. The summed E-state index contributed by atoms with van der Waals surface area (Å²) in [6, 6.07) is 15.0. The van der Waals surface area contributed by atoms with Crippen LogP contribution in [0.3, 0.4) is 0 Å². The molecule has 1 aliphatic heterocycles. The van der Waals surface area contributed by atoms with Gasteiger partial charge in [-0.05, 0) is 49.1 Å². The van der Waals surface area contributed by atoms with Crippen LogP contribution in [-0.4, -0.2) is 17.4 Å². The summed E-state index contributed by atoms with van der Waals surface area (Å²) < 4.78 is 0. The average molecular weight is 498 g/mol. The van der Waals surface area contributed by atoms with Gasteiger partial charge in [-0.2, -0.15) is 5.26 Å². The summed E-state index contributed by atoms with van der Waals surface area (Å²) in [4.78, 5) is 25.5. The van der Waals surface area contributed by atoms with Crippen LogP contribution in [0, 0.1) is 18.3 Å². The zero-order valence-electron chi connectivity index (χ0n) is 17.9. The highest BCUT2D eigenvalue weighted by Crippen LogP contribution is 2.46. The molecule has 0 spiro atoms. The van der Waals surface area contributed by atoms with E-state index in [1.54, 1.807) is 18.2 Å². The number of halogens is 2. The SMILES string of the molecule is Cc1cccc(NC(=O)CSC2=C(C#N)[C@@H](c3cccc(Cl)c3Cl)C3=C(CCCC3=O)N2)c1. The molecule has 2 N–H and O–H groups in total. The molecule has 4 rings (SSSR count). The van der Waals surface area contributed by atoms with Crippen molar-refractivity contribution in [3.63, 3.8) is 0 Å². The molecule has 0 fully saturated rings. The van der Waals surface area contributed by atoms with Crippen LogP contribution < -0.4 is 10.6 Å². The summed E-state index contributed by atoms with van der Waals surface area (Å²) in [5.41, 5.74) is 4.10. The normalized spacial score (nSPS) is 17.9. The third-order valence-electron chi connectivity index (χ3n) is 5.60. The van der Waals surface area contributed by atoms with Crippen molar-refractivity contribution in [3.05, 3.63) is 85.5 Å². The number of anilines is 1. The Bertz CT molecular complexity index is 1250. The summed E-state index contributed by atoms with van der Waals surface area (Å²) in [7, 11) is 0. The van der Waals surface area contributed by atoms with Crippen LogP contribution in [0.4, 0.5) is 5.69 Å². The molecular formula is C25H21Cl2N3O2S. The number of hydrogen-bond donors (Lipinski definition) is 2. The van der Waals surface area contributed by atoms with E-state index in [4.69, 9.17) is 23.2 Å². The molecule has 1 aliphatic carbocycles. The molecular weight excluding hydrogens is 477 g/mol. The number of nitrogens with zero attached hydrogens (tertiary/aromatic N) is 1. The van der Waals surface area contributed by atoms with Gasteiger partial charge in [0.05, 0.1) is 38.4 Å². The van der Waals surface area contributed by atoms with Crippen LogP contribution in [0.5, 0.6) is 0 Å². The van der Waals surface area contributed by atoms with E-state index in [0.717, 1.165) is 23.4 Å². The Morgan fingerprint density at radius 2 is 2.03 bits per heavy atom. The zero-order valence-corrected chi connectivity index (χ0v) is 20.2. The van der Waals surface area contributed by atoms with Crippen LogP contribution >= 0.6 is 35.0 Å². The lowest BCUT2D eigenvalue weighted by Gasteiger charge is -2.33. The van der Waals surface area contributed by atoms with Gasteiger partial charge in [0, 0.05) is 23.4 Å². The van der Waals surface area contributed by atoms with Crippen molar-refractivity contribution < 1.29 is 9.59 Å². The summed E-state index contributed by atoms with van der Waals surface area (Å²) in [6.45, 7) is 1.96. The number of nitrogens with one attached hydrogen (secondary N) is 2. The van der Waals surface area contributed by atoms with Crippen LogP contribution in [0.25, 0.3) is 0 Å². The van der Waals surface area contributed by atoms with E-state index in [-0.39, 0.29) is 17.4 Å². The summed E-state index contributed by atoms with van der Waals surface area (Å²) >= 11 is 14.0. The second-order valence-corrected chi connectivity index (χ2v) is 9.70. The molecule has 168 valence electrons. The standard InChI is InChI=1S/C25H21Cl2N3O2S/c1-14-5-2-6-15(11-14)29-21(32)13-33-25-17(12-28)22(16-7-3-8-18(26)24(16)27)23-19(30-25)9-4-10-20(23)31/h2-3,5-8,11,22,30H,4,9-10,13H2,1H3,(H,29,32)/t22-/m1/s1. The first-order chi connectivity index (χ1) is 15.9. The van der Waals surface area contributed by atoms with Gasteiger partial charge in [0.15, 0.2) is 5.78 Å². The molecule has 1 amide bonds. The number of allylic oxidation sites excluding steroid dienone is 3. The van der Waals surface area contributed by atoms with E-state index in [0.29, 0.717) is 44.6 Å². The summed E-state index contributed by atoms with van der Waals surface area (Å²) in [5, 5.41) is 17.5. The Morgan fingerprint density at radius 1 is 1.24 bits per heavy atom. The molecule has 0 aromatic heterocycles. The van der Waals surface area contributed by atoms with Crippen molar-refractivity contribution >= 4 is 52.3 Å². The van der Waals surface area contributed by atoms with Crippen LogP contribution in [0.15, 0.2) is 64.3 Å². The summed E-state index contributed by atoms with van der Waals surface area (Å²) in [6.07, 6.45) is 1.84. The molecule has 0 radical (unpaired) electrons. The van der Waals surface area contributed by atoms with Gasteiger partial charge in [-0.25, -0.2) is 0 Å². The molecule has 8 heteroatoms. The van der Waals surface area contributed by atoms with Gasteiger partial charge in [-0.3, -0.25) is 9.59 Å². The average Bonchev–Trinajstić information content (AvgIpc) is 2.79. The number of ketones is 1. The predicted molar refractivity (Wildman–Crippen MR) is 133 cm³/mol. The minimum atomic E-state index is -0.618. The number of aryl methyl sites for hydroxylation is 1. The van der Waals surface area contributed by atoms with Gasteiger partial charge < -0.3 is 10.6 Å². The summed E-state index contributed by atoms with van der Waals surface area (Å²) in [5.74, 6) is -0.700. The van der Waals surface area contributed by atoms with Gasteiger partial charge in [0.1, 0.15) is 0 Å². The number of rotatable bonds is 5. The third kappa shape index (κ3) is 4.96. The third-order valence-corrected chi connectivity index (χ3v) is 7.46. The quantitative estimate of drug-likeness (QED) is 0.521. The van der Waals surface area contributed by atoms with Gasteiger partial charge in [-0.1, -0.05) is 59.2 Å². The van der Waals surface area contributed by atoms with E-state index < -0.39 is 5.92 Å². The van der Waals surface area contributed by atoms with Gasteiger partial charge >= 0.3 is 0 Å². The van der Waals surface area contributed by atoms with Crippen LogP contribution in [0.1, 0.15) is 36.3 Å². The van der Waals surface area contributed by atoms with Crippen molar-refractivity contribution in [1.29, 1.82) is 5.26 Å².